The molecule has 1 fully saturated rings. The van der Waals surface area contributed by atoms with E-state index in [0.29, 0.717) is 55.1 Å². The Morgan fingerprint density at radius 3 is 2.30 bits per heavy atom. The summed E-state index contributed by atoms with van der Waals surface area (Å²) in [4.78, 5) is 46.0. The van der Waals surface area contributed by atoms with Crippen molar-refractivity contribution in [1.82, 2.24) is 10.2 Å². The van der Waals surface area contributed by atoms with Gasteiger partial charge in [-0.1, -0.05) is 90.8 Å². The Kier molecular flexibility index (Phi) is 17.9. The maximum Gasteiger partial charge on any atom is 0.412 e. The van der Waals surface area contributed by atoms with Crippen LogP contribution in [-0.4, -0.2) is 89.8 Å². The van der Waals surface area contributed by atoms with Crippen LogP contribution in [0.5, 0.6) is 11.5 Å². The first-order valence-corrected chi connectivity index (χ1v) is 23.6. The van der Waals surface area contributed by atoms with Gasteiger partial charge in [-0.15, -0.1) is 6.58 Å². The molecule has 4 aromatic rings. The van der Waals surface area contributed by atoms with E-state index in [1.165, 1.54) is 17.0 Å². The number of unbranched alkanes of at least 4 members (excludes halogenated alkanes) is 2. The molecule has 1 heterocycles. The normalized spacial score (nSPS) is 21.7. The zero-order chi connectivity index (χ0) is 48.6. The van der Waals surface area contributed by atoms with Crippen LogP contribution < -0.4 is 14.8 Å². The largest absolute Gasteiger partial charge is 0.459 e. The summed E-state index contributed by atoms with van der Waals surface area (Å²) in [5, 5.41) is 38.9. The Labute approximate surface area is 402 Å². The van der Waals surface area contributed by atoms with Gasteiger partial charge in [-0.05, 0) is 90.1 Å². The molecule has 0 radical (unpaired) electrons. The maximum atomic E-state index is 14.3. The van der Waals surface area contributed by atoms with Crippen LogP contribution in [0.4, 0.5) is 15.3 Å². The Balaban J connectivity index is 1.29. The molecule has 3 N–H and O–H groups in total. The third-order valence-electron chi connectivity index (χ3n) is 13.0. The summed E-state index contributed by atoms with van der Waals surface area (Å²) < 4.78 is 31.7. The lowest BCUT2D eigenvalue weighted by Crippen LogP contribution is -2.69. The summed E-state index contributed by atoms with van der Waals surface area (Å²) in [7, 11) is 1.64. The van der Waals surface area contributed by atoms with Crippen LogP contribution >= 0.6 is 0 Å². The molecule has 4 aromatic carbocycles. The van der Waals surface area contributed by atoms with E-state index in [-0.39, 0.29) is 76.0 Å². The fourth-order valence-electron chi connectivity index (χ4n) is 9.78. The van der Waals surface area contributed by atoms with Crippen LogP contribution in [0, 0.1) is 27.9 Å². The quantitative estimate of drug-likeness (QED) is 0.0261. The molecular formula is C53H62N4O12. The van der Waals surface area contributed by atoms with Crippen molar-refractivity contribution in [2.75, 3.05) is 40.1 Å². The van der Waals surface area contributed by atoms with E-state index in [9.17, 15) is 29.9 Å². The van der Waals surface area contributed by atoms with Crippen molar-refractivity contribution in [2.24, 2.45) is 22.9 Å². The summed E-state index contributed by atoms with van der Waals surface area (Å²) in [6.45, 7) is 4.86. The highest BCUT2D eigenvalue weighted by Crippen LogP contribution is 2.62. The highest BCUT2D eigenvalue weighted by atomic mass is 16.7. The zero-order valence-corrected chi connectivity index (χ0v) is 39.0. The van der Waals surface area contributed by atoms with E-state index in [0.717, 1.165) is 35.1 Å². The first kappa shape index (κ1) is 50.3. The standard InChI is InChI=1S/C53H62N4O12/c1-3-28-66-53-48(56(2)52(61)65-30-29-64-35-38-16-8-5-9-17-38)33-46(55-67-36-39-20-22-41(23-21-39)57(62)63)44-31-40(18-10-12-26-58)43(19-11-13-27-59)49(50(44)53)45-32-42(24-25-47(45)69-53)68-51(60)54-34-37-14-6-4-7-15-37/h3-9,14-17,20-25,31-32,40,43,48-50,58-59H,1,10-13,18-19,26-30,33-36H2,2H3,(H,54,60). The van der Waals surface area contributed by atoms with Crippen LogP contribution in [0.25, 0.3) is 0 Å². The van der Waals surface area contributed by atoms with Crippen molar-refractivity contribution in [1.29, 1.82) is 0 Å². The molecule has 2 amide bonds. The highest BCUT2D eigenvalue weighted by Gasteiger charge is 2.65. The van der Waals surface area contributed by atoms with E-state index in [4.69, 9.17) is 33.7 Å². The second-order valence-corrected chi connectivity index (χ2v) is 17.5. The van der Waals surface area contributed by atoms with Crippen LogP contribution in [0.2, 0.25) is 0 Å². The summed E-state index contributed by atoms with van der Waals surface area (Å²) >= 11 is 0. The van der Waals surface area contributed by atoms with Gasteiger partial charge in [0.1, 0.15) is 30.8 Å². The Bertz CT molecular complexity index is 2400. The van der Waals surface area contributed by atoms with Gasteiger partial charge in [-0.25, -0.2) is 9.59 Å². The Morgan fingerprint density at radius 1 is 0.913 bits per heavy atom. The van der Waals surface area contributed by atoms with Gasteiger partial charge in [0.05, 0.1) is 36.4 Å². The predicted octanol–water partition coefficient (Wildman–Crippen LogP) is 9.00. The van der Waals surface area contributed by atoms with E-state index in [1.807, 2.05) is 66.7 Å². The molecule has 0 spiro atoms. The Hall–Kier alpha value is -6.59. The molecule has 2 aliphatic carbocycles. The minimum atomic E-state index is -1.55. The van der Waals surface area contributed by atoms with Gasteiger partial charge in [0.25, 0.3) is 5.69 Å². The fraction of sp³-hybridized carbons (Fsp3) is 0.415. The summed E-state index contributed by atoms with van der Waals surface area (Å²) in [6.07, 6.45) is 6.73. The minimum Gasteiger partial charge on any atom is -0.459 e. The number of carbonyl (C=O) groups is 2. The number of ether oxygens (including phenoxy) is 5. The molecule has 1 aliphatic heterocycles. The number of nitrogens with zero attached hydrogens (tertiary/aromatic N) is 3. The van der Waals surface area contributed by atoms with Crippen molar-refractivity contribution in [3.63, 3.8) is 0 Å². The average Bonchev–Trinajstić information content (AvgIpc) is 3.36. The van der Waals surface area contributed by atoms with E-state index in [1.54, 1.807) is 37.4 Å². The lowest BCUT2D eigenvalue weighted by molar-refractivity contribution is -0.384. The second kappa shape index (κ2) is 24.6. The van der Waals surface area contributed by atoms with E-state index >= 15 is 0 Å². The van der Waals surface area contributed by atoms with Crippen molar-refractivity contribution in [3.8, 4) is 11.5 Å². The van der Waals surface area contributed by atoms with Crippen LogP contribution in [0.3, 0.4) is 0 Å². The van der Waals surface area contributed by atoms with E-state index in [2.05, 4.69) is 18.0 Å². The number of oxime groups is 1. The number of aliphatic hydroxyl groups is 2. The third kappa shape index (κ3) is 12.6. The van der Waals surface area contributed by atoms with Crippen molar-refractivity contribution in [3.05, 3.63) is 160 Å². The van der Waals surface area contributed by atoms with Crippen LogP contribution in [-0.2, 0) is 38.8 Å². The zero-order valence-electron chi connectivity index (χ0n) is 39.0. The average molecular weight is 947 g/mol. The van der Waals surface area contributed by atoms with Gasteiger partial charge in [-0.2, -0.15) is 0 Å². The molecule has 366 valence electrons. The highest BCUT2D eigenvalue weighted by molar-refractivity contribution is 6.03. The lowest BCUT2D eigenvalue weighted by atomic mass is 9.55. The number of nitrogens with one attached hydrogen (secondary N) is 1. The molecule has 3 aliphatic rings. The molecule has 7 rings (SSSR count). The summed E-state index contributed by atoms with van der Waals surface area (Å²) in [5.41, 5.74) is 4.62. The topological polar surface area (TPSA) is 201 Å². The first-order chi connectivity index (χ1) is 33.6. The van der Waals surface area contributed by atoms with Crippen molar-refractivity contribution < 1.29 is 53.2 Å². The number of rotatable bonds is 24. The molecule has 16 nitrogen and oxygen atoms in total. The summed E-state index contributed by atoms with van der Waals surface area (Å²) in [6, 6.07) is 29.7. The molecule has 6 atom stereocenters. The SMILES string of the molecule is C=CCOC12Oc3ccc(OC(=O)NCc4ccccc4)cc3C3C(CCCCO)C(CCCCO)C=C(C(=NOCc4ccc([N+](=O)[O-])cc4)CC1N(C)C(=O)OCCOCc1ccccc1)C32. The fourth-order valence-corrected chi connectivity index (χ4v) is 9.78. The number of amides is 2. The molecule has 16 heteroatoms. The number of hydrogen-bond donors (Lipinski definition) is 3. The lowest BCUT2D eigenvalue weighted by Gasteiger charge is -2.59. The van der Waals surface area contributed by atoms with Crippen molar-refractivity contribution >= 4 is 23.6 Å². The number of fused-ring (bicyclic) bond motifs is 2. The summed E-state index contributed by atoms with van der Waals surface area (Å²) in [5.74, 6) is -1.92. The van der Waals surface area contributed by atoms with Crippen molar-refractivity contribution in [2.45, 2.75) is 82.5 Å². The van der Waals surface area contributed by atoms with Gasteiger partial charge in [0, 0.05) is 56.8 Å². The third-order valence-corrected chi connectivity index (χ3v) is 13.0. The molecule has 0 saturated heterocycles. The van der Waals surface area contributed by atoms with Crippen LogP contribution in [0.15, 0.2) is 133 Å². The van der Waals surface area contributed by atoms with Crippen LogP contribution in [0.1, 0.15) is 73.1 Å². The monoisotopic (exact) mass is 946 g/mol. The number of nitro benzene ring substituents is 1. The number of benzene rings is 4. The van der Waals surface area contributed by atoms with Gasteiger partial charge in [0.2, 0.25) is 5.79 Å². The molecule has 0 bridgehead atoms. The number of aliphatic hydroxyl groups excluding tert-OH is 2. The molecule has 1 saturated carbocycles. The molecule has 69 heavy (non-hydrogen) atoms. The maximum absolute atomic E-state index is 14.3. The number of allylic oxidation sites excluding steroid dienone is 1. The minimum absolute atomic E-state index is 0.00257. The molecule has 0 aromatic heterocycles. The number of nitro groups is 1. The number of likely N-dealkylation sites (N-methyl/N-ethyl adjacent to an activating group) is 1. The number of non-ortho nitro benzene ring substituents is 1. The molecular weight excluding hydrogens is 885 g/mol. The second-order valence-electron chi connectivity index (χ2n) is 17.5. The predicted molar refractivity (Wildman–Crippen MR) is 257 cm³/mol. The molecule has 6 unspecified atom stereocenters. The number of carbonyl (C=O) groups excluding carboxylic acids is 2. The van der Waals surface area contributed by atoms with Gasteiger partial charge in [-0.3, -0.25) is 10.1 Å². The van der Waals surface area contributed by atoms with Gasteiger partial charge in [0.15, 0.2) is 0 Å². The smallest absolute Gasteiger partial charge is 0.412 e. The van der Waals surface area contributed by atoms with Gasteiger partial charge < -0.3 is 49.0 Å². The first-order valence-electron chi connectivity index (χ1n) is 23.6. The number of hydrogen-bond acceptors (Lipinski definition) is 13. The van der Waals surface area contributed by atoms with E-state index < -0.39 is 34.9 Å². The Morgan fingerprint density at radius 2 is 1.61 bits per heavy atom. The van der Waals surface area contributed by atoms with Gasteiger partial charge >= 0.3 is 12.2 Å².